The molecule has 0 fully saturated rings. The number of ether oxygens (including phenoxy) is 2. The van der Waals surface area contributed by atoms with Gasteiger partial charge in [0.2, 0.25) is 22.0 Å². The van der Waals surface area contributed by atoms with Crippen LogP contribution < -0.4 is 15.4 Å². The fourth-order valence-corrected chi connectivity index (χ4v) is 5.16. The van der Waals surface area contributed by atoms with Gasteiger partial charge in [-0.25, -0.2) is 13.6 Å². The van der Waals surface area contributed by atoms with Crippen LogP contribution in [0.25, 0.3) is 11.1 Å². The zero-order valence-electron chi connectivity index (χ0n) is 21.9. The Morgan fingerprint density at radius 2 is 1.48 bits per heavy atom. The minimum Gasteiger partial charge on any atom is -0.467 e. The summed E-state index contributed by atoms with van der Waals surface area (Å²) in [6, 6.07) is 4.57. The molecule has 2 atom stereocenters. The number of carbonyl (C=O) groups is 6. The number of hydrogen-bond donors (Lipinski definition) is 2. The molecule has 14 heteroatoms. The molecule has 2 amide bonds. The molecule has 2 aromatic carbocycles. The van der Waals surface area contributed by atoms with E-state index < -0.39 is 57.7 Å². The molecule has 0 aliphatic carbocycles. The Labute approximate surface area is 236 Å². The number of rotatable bonds is 11. The Balaban J connectivity index is 2.26. The van der Waals surface area contributed by atoms with Crippen molar-refractivity contribution in [2.24, 2.45) is 0 Å². The topological polar surface area (TPSA) is 145 Å². The van der Waals surface area contributed by atoms with Crippen molar-refractivity contribution < 1.29 is 47.0 Å². The molecule has 10 nitrogen and oxygen atoms in total. The molecule has 0 saturated carbocycles. The fourth-order valence-electron chi connectivity index (χ4n) is 3.30. The highest BCUT2D eigenvalue weighted by atomic mass is 32.2. The van der Waals surface area contributed by atoms with E-state index in [-0.39, 0.29) is 33.9 Å². The van der Waals surface area contributed by atoms with Crippen molar-refractivity contribution in [3.8, 4) is 16.9 Å². The Kier molecular flexibility index (Phi) is 12.3. The summed E-state index contributed by atoms with van der Waals surface area (Å²) in [5.41, 5.74) is 0.0746. The first-order valence-corrected chi connectivity index (χ1v) is 13.5. The number of thioether (sulfide) groups is 2. The van der Waals surface area contributed by atoms with Crippen LogP contribution in [0, 0.1) is 11.6 Å². The third-order valence-electron chi connectivity index (χ3n) is 4.99. The van der Waals surface area contributed by atoms with Gasteiger partial charge in [0.15, 0.2) is 0 Å². The van der Waals surface area contributed by atoms with Gasteiger partial charge in [0.1, 0.15) is 29.5 Å². The zero-order valence-corrected chi connectivity index (χ0v) is 23.5. The van der Waals surface area contributed by atoms with Crippen LogP contribution in [0.3, 0.4) is 0 Å². The molecule has 0 heterocycles. The lowest BCUT2D eigenvalue weighted by molar-refractivity contribution is -0.144. The highest BCUT2D eigenvalue weighted by Crippen LogP contribution is 2.32. The predicted octanol–water partition coefficient (Wildman–Crippen LogP) is 2.87. The van der Waals surface area contributed by atoms with Crippen LogP contribution in [0.15, 0.2) is 36.4 Å². The predicted molar refractivity (Wildman–Crippen MR) is 145 cm³/mol. The number of methoxy groups -OCH3 is 1. The molecule has 0 saturated heterocycles. The molecule has 40 heavy (non-hydrogen) atoms. The van der Waals surface area contributed by atoms with Gasteiger partial charge in [-0.2, -0.15) is 0 Å². The summed E-state index contributed by atoms with van der Waals surface area (Å²) < 4.78 is 37.5. The quantitative estimate of drug-likeness (QED) is 0.293. The first kappa shape index (κ1) is 32.4. The second kappa shape index (κ2) is 15.1. The second-order valence-corrected chi connectivity index (χ2v) is 10.2. The van der Waals surface area contributed by atoms with Crippen LogP contribution in [-0.4, -0.2) is 64.7 Å². The van der Waals surface area contributed by atoms with E-state index in [2.05, 4.69) is 15.4 Å². The van der Waals surface area contributed by atoms with Crippen LogP contribution in [-0.2, 0) is 28.7 Å². The van der Waals surface area contributed by atoms with E-state index in [1.807, 2.05) is 0 Å². The molecule has 214 valence electrons. The summed E-state index contributed by atoms with van der Waals surface area (Å²) in [6.07, 6.45) is 0. The maximum Gasteiger partial charge on any atom is 0.329 e. The second-order valence-electron chi connectivity index (χ2n) is 8.19. The first-order chi connectivity index (χ1) is 18.8. The van der Waals surface area contributed by atoms with Crippen molar-refractivity contribution in [3.63, 3.8) is 0 Å². The van der Waals surface area contributed by atoms with Crippen molar-refractivity contribution in [3.05, 3.63) is 53.6 Å². The van der Waals surface area contributed by atoms with Gasteiger partial charge < -0.3 is 20.1 Å². The van der Waals surface area contributed by atoms with E-state index in [0.717, 1.165) is 20.1 Å². The third kappa shape index (κ3) is 9.75. The lowest BCUT2D eigenvalue weighted by Gasteiger charge is -2.18. The molecule has 2 unspecified atom stereocenters. The van der Waals surface area contributed by atoms with Crippen LogP contribution in [0.5, 0.6) is 5.75 Å². The number of carbonyl (C=O) groups excluding carboxylic acids is 6. The average molecular weight is 597 g/mol. The lowest BCUT2D eigenvalue weighted by atomic mass is 10.0. The molecule has 0 aliphatic heterocycles. The van der Waals surface area contributed by atoms with Crippen LogP contribution in [0.4, 0.5) is 8.78 Å². The molecule has 2 aromatic rings. The Morgan fingerprint density at radius 3 is 2.05 bits per heavy atom. The Bertz CT molecular complexity index is 1320. The van der Waals surface area contributed by atoms with E-state index >= 15 is 0 Å². The van der Waals surface area contributed by atoms with E-state index in [1.54, 1.807) is 0 Å². The van der Waals surface area contributed by atoms with Crippen molar-refractivity contribution in [1.82, 2.24) is 10.6 Å². The SMILES string of the molecule is COC(=O)C(CSC(=O)C(CSC(=O)c1cc(-c2ccc(F)cc2F)ccc1OC(C)=O)NC(C)=O)NC(C)=O. The standard InChI is InChI=1S/C26H26F2N2O8S2/c1-13(31)29-21(24(34)37-4)11-40-26(36)22(30-14(2)32)12-39-25(35)19-9-16(5-8-23(19)38-15(3)33)18-7-6-17(27)10-20(18)28/h5-10,21-22H,11-12H2,1-4H3,(H,29,31)(H,30,32). The van der Waals surface area contributed by atoms with Gasteiger partial charge in [-0.15, -0.1) is 0 Å². The largest absolute Gasteiger partial charge is 0.467 e. The minimum atomic E-state index is -1.18. The van der Waals surface area contributed by atoms with Gasteiger partial charge in [-0.3, -0.25) is 24.0 Å². The van der Waals surface area contributed by atoms with E-state index in [1.165, 1.54) is 38.1 Å². The fraction of sp³-hybridized carbons (Fsp3) is 0.308. The van der Waals surface area contributed by atoms with Crippen molar-refractivity contribution in [1.29, 1.82) is 0 Å². The number of nitrogens with one attached hydrogen (secondary N) is 2. The molecule has 0 bridgehead atoms. The van der Waals surface area contributed by atoms with Gasteiger partial charge in [-0.05, 0) is 29.8 Å². The normalized spacial score (nSPS) is 12.1. The first-order valence-electron chi connectivity index (χ1n) is 11.6. The summed E-state index contributed by atoms with van der Waals surface area (Å²) in [5, 5.41) is 3.53. The molecule has 2 rings (SSSR count). The molecular formula is C26H26F2N2O8S2. The number of halogens is 2. The summed E-state index contributed by atoms with van der Waals surface area (Å²) in [4.78, 5) is 72.6. The van der Waals surface area contributed by atoms with Gasteiger partial charge in [0, 0.05) is 43.9 Å². The smallest absolute Gasteiger partial charge is 0.329 e. The van der Waals surface area contributed by atoms with Gasteiger partial charge >= 0.3 is 11.9 Å². The zero-order chi connectivity index (χ0) is 30.0. The van der Waals surface area contributed by atoms with Gasteiger partial charge in [-0.1, -0.05) is 29.6 Å². The highest BCUT2D eigenvalue weighted by molar-refractivity contribution is 8.15. The van der Waals surface area contributed by atoms with E-state index in [9.17, 15) is 37.5 Å². The van der Waals surface area contributed by atoms with Crippen molar-refractivity contribution in [2.45, 2.75) is 32.9 Å². The summed E-state index contributed by atoms with van der Waals surface area (Å²) in [6.45, 7) is 3.49. The molecule has 2 N–H and O–H groups in total. The molecule has 0 aliphatic rings. The van der Waals surface area contributed by atoms with Crippen molar-refractivity contribution in [2.75, 3.05) is 18.6 Å². The number of hydrogen-bond acceptors (Lipinski definition) is 10. The molecule has 0 spiro atoms. The summed E-state index contributed by atoms with van der Waals surface area (Å²) in [5.74, 6) is -4.79. The lowest BCUT2D eigenvalue weighted by Crippen LogP contribution is -2.44. The number of benzene rings is 2. The van der Waals surface area contributed by atoms with Gasteiger partial charge in [0.05, 0.1) is 12.7 Å². The Morgan fingerprint density at radius 1 is 0.850 bits per heavy atom. The maximum absolute atomic E-state index is 14.4. The van der Waals surface area contributed by atoms with Crippen molar-refractivity contribution >= 4 is 57.5 Å². The maximum atomic E-state index is 14.4. The van der Waals surface area contributed by atoms with Gasteiger partial charge in [0.25, 0.3) is 0 Å². The van der Waals surface area contributed by atoms with E-state index in [4.69, 9.17) is 4.74 Å². The highest BCUT2D eigenvalue weighted by Gasteiger charge is 2.27. The Hall–Kier alpha value is -3.78. The van der Waals surface area contributed by atoms with Crippen LogP contribution >= 0.6 is 23.5 Å². The van der Waals surface area contributed by atoms with Crippen LogP contribution in [0.1, 0.15) is 31.1 Å². The van der Waals surface area contributed by atoms with Crippen LogP contribution in [0.2, 0.25) is 0 Å². The third-order valence-corrected chi connectivity index (χ3v) is 7.04. The summed E-state index contributed by atoms with van der Waals surface area (Å²) in [7, 11) is 1.12. The monoisotopic (exact) mass is 596 g/mol. The molecule has 0 radical (unpaired) electrons. The molecular weight excluding hydrogens is 570 g/mol. The average Bonchev–Trinajstić information content (AvgIpc) is 2.87. The number of esters is 2. The molecule has 0 aromatic heterocycles. The summed E-state index contributed by atoms with van der Waals surface area (Å²) >= 11 is 1.27. The minimum absolute atomic E-state index is 0.00291. The number of amides is 2. The van der Waals surface area contributed by atoms with E-state index in [0.29, 0.717) is 29.6 Å².